The Balaban J connectivity index is 2.27. The molecule has 0 spiro atoms. The SMILES string of the molecule is BC1CCN(C(C)CC)CC1. The van der Waals surface area contributed by atoms with Gasteiger partial charge in [0.2, 0.25) is 0 Å². The van der Waals surface area contributed by atoms with E-state index < -0.39 is 0 Å². The van der Waals surface area contributed by atoms with Crippen LogP contribution in [-0.2, 0) is 0 Å². The third kappa shape index (κ3) is 2.51. The maximum atomic E-state index is 2.62. The molecule has 1 aliphatic heterocycles. The fraction of sp³-hybridized carbons (Fsp3) is 1.00. The first-order valence-corrected chi connectivity index (χ1v) is 4.98. The quantitative estimate of drug-likeness (QED) is 0.540. The molecule has 2 heteroatoms. The molecule has 0 N–H and O–H groups in total. The van der Waals surface area contributed by atoms with E-state index in [0.29, 0.717) is 0 Å². The molecule has 0 amide bonds. The molecule has 1 rings (SSSR count). The van der Waals surface area contributed by atoms with Gasteiger partial charge in [-0.2, -0.15) is 0 Å². The molecule has 1 aliphatic rings. The number of hydrogen-bond acceptors (Lipinski definition) is 1. The van der Waals surface area contributed by atoms with Gasteiger partial charge in [0.15, 0.2) is 0 Å². The minimum absolute atomic E-state index is 0.808. The number of hydrogen-bond donors (Lipinski definition) is 0. The topological polar surface area (TPSA) is 3.24 Å². The monoisotopic (exact) mass is 153 g/mol. The summed E-state index contributed by atoms with van der Waals surface area (Å²) in [4.78, 5) is 2.62. The maximum absolute atomic E-state index is 2.62. The van der Waals surface area contributed by atoms with Crippen molar-refractivity contribution < 1.29 is 0 Å². The zero-order valence-corrected chi connectivity index (χ0v) is 8.14. The molecule has 0 aromatic rings. The van der Waals surface area contributed by atoms with Gasteiger partial charge in [-0.25, -0.2) is 0 Å². The van der Waals surface area contributed by atoms with Crippen molar-refractivity contribution in [3.63, 3.8) is 0 Å². The van der Waals surface area contributed by atoms with E-state index in [1.165, 1.54) is 32.4 Å². The summed E-state index contributed by atoms with van der Waals surface area (Å²) >= 11 is 0. The third-order valence-electron chi connectivity index (χ3n) is 3.03. The van der Waals surface area contributed by atoms with E-state index in [4.69, 9.17) is 0 Å². The summed E-state index contributed by atoms with van der Waals surface area (Å²) in [5.41, 5.74) is 0. The van der Waals surface area contributed by atoms with Gasteiger partial charge in [0.05, 0.1) is 0 Å². The second kappa shape index (κ2) is 4.15. The summed E-state index contributed by atoms with van der Waals surface area (Å²) < 4.78 is 0. The second-order valence-corrected chi connectivity index (χ2v) is 3.98. The Morgan fingerprint density at radius 1 is 1.45 bits per heavy atom. The zero-order chi connectivity index (χ0) is 8.27. The van der Waals surface area contributed by atoms with Gasteiger partial charge in [0.25, 0.3) is 0 Å². The molecule has 0 aliphatic carbocycles. The molecule has 0 saturated carbocycles. The lowest BCUT2D eigenvalue weighted by molar-refractivity contribution is 0.170. The fourth-order valence-corrected chi connectivity index (χ4v) is 1.73. The summed E-state index contributed by atoms with van der Waals surface area (Å²) in [7, 11) is 2.37. The molecular formula is C9H20BN. The van der Waals surface area contributed by atoms with E-state index in [0.717, 1.165) is 11.9 Å². The van der Waals surface area contributed by atoms with Crippen LogP contribution in [0.3, 0.4) is 0 Å². The van der Waals surface area contributed by atoms with E-state index in [1.807, 2.05) is 0 Å². The molecule has 11 heavy (non-hydrogen) atoms. The first kappa shape index (κ1) is 9.12. The number of likely N-dealkylation sites (tertiary alicyclic amines) is 1. The van der Waals surface area contributed by atoms with Crippen LogP contribution >= 0.6 is 0 Å². The molecule has 1 unspecified atom stereocenters. The van der Waals surface area contributed by atoms with E-state index in [2.05, 4.69) is 26.6 Å². The minimum atomic E-state index is 0.808. The smallest absolute Gasteiger partial charge is 0.105 e. The average Bonchev–Trinajstić information content (AvgIpc) is 2.05. The van der Waals surface area contributed by atoms with E-state index in [-0.39, 0.29) is 0 Å². The van der Waals surface area contributed by atoms with Gasteiger partial charge in [-0.3, -0.25) is 0 Å². The molecule has 1 atom stereocenters. The number of nitrogens with zero attached hydrogens (tertiary/aromatic N) is 1. The van der Waals surface area contributed by atoms with Gasteiger partial charge < -0.3 is 4.90 Å². The molecule has 0 bridgehead atoms. The molecule has 1 nitrogen and oxygen atoms in total. The highest BCUT2D eigenvalue weighted by molar-refractivity contribution is 6.11. The molecule has 0 aromatic carbocycles. The molecule has 0 aromatic heterocycles. The molecule has 64 valence electrons. The Hall–Kier alpha value is 0.0249. The molecular weight excluding hydrogens is 133 g/mol. The van der Waals surface area contributed by atoms with Crippen molar-refractivity contribution >= 4 is 7.85 Å². The Bertz CT molecular complexity index is 108. The van der Waals surface area contributed by atoms with Gasteiger partial charge in [-0.05, 0) is 39.3 Å². The van der Waals surface area contributed by atoms with Crippen molar-refractivity contribution in [3.05, 3.63) is 0 Å². The van der Waals surface area contributed by atoms with Crippen LogP contribution < -0.4 is 0 Å². The molecule has 1 heterocycles. The first-order chi connectivity index (χ1) is 5.24. The molecule has 1 fully saturated rings. The van der Waals surface area contributed by atoms with Crippen molar-refractivity contribution in [3.8, 4) is 0 Å². The van der Waals surface area contributed by atoms with Gasteiger partial charge in [0.1, 0.15) is 7.85 Å². The van der Waals surface area contributed by atoms with E-state index in [9.17, 15) is 0 Å². The number of rotatable bonds is 2. The normalized spacial score (nSPS) is 25.3. The van der Waals surface area contributed by atoms with Gasteiger partial charge in [-0.1, -0.05) is 12.7 Å². The predicted octanol–water partition coefficient (Wildman–Crippen LogP) is 1.30. The lowest BCUT2D eigenvalue weighted by atomic mass is 9.79. The summed E-state index contributed by atoms with van der Waals surface area (Å²) in [6, 6.07) is 0.808. The first-order valence-electron chi connectivity index (χ1n) is 4.98. The van der Waals surface area contributed by atoms with Crippen molar-refractivity contribution in [2.45, 2.75) is 45.0 Å². The number of piperidine rings is 1. The summed E-state index contributed by atoms with van der Waals surface area (Å²) in [5.74, 6) is 0.968. The van der Waals surface area contributed by atoms with Crippen LogP contribution in [0.25, 0.3) is 0 Å². The van der Waals surface area contributed by atoms with Crippen LogP contribution in [-0.4, -0.2) is 31.9 Å². The highest BCUT2D eigenvalue weighted by Crippen LogP contribution is 2.20. The van der Waals surface area contributed by atoms with Crippen LogP contribution in [0.5, 0.6) is 0 Å². The fourth-order valence-electron chi connectivity index (χ4n) is 1.73. The zero-order valence-electron chi connectivity index (χ0n) is 8.14. The predicted molar refractivity (Wildman–Crippen MR) is 52.9 cm³/mol. The Morgan fingerprint density at radius 3 is 2.45 bits per heavy atom. The highest BCUT2D eigenvalue weighted by Gasteiger charge is 2.18. The Labute approximate surface area is 71.6 Å². The lowest BCUT2D eigenvalue weighted by Crippen LogP contribution is -2.38. The van der Waals surface area contributed by atoms with Crippen LogP contribution in [0.15, 0.2) is 0 Å². The molecule has 1 saturated heterocycles. The van der Waals surface area contributed by atoms with Crippen molar-refractivity contribution in [1.29, 1.82) is 0 Å². The summed E-state index contributed by atoms with van der Waals surface area (Å²) in [6.07, 6.45) is 4.11. The van der Waals surface area contributed by atoms with Crippen molar-refractivity contribution in [1.82, 2.24) is 4.90 Å². The second-order valence-electron chi connectivity index (χ2n) is 3.98. The van der Waals surface area contributed by atoms with Gasteiger partial charge in [-0.15, -0.1) is 0 Å². The van der Waals surface area contributed by atoms with E-state index in [1.54, 1.807) is 0 Å². The third-order valence-corrected chi connectivity index (χ3v) is 3.03. The Kier molecular flexibility index (Phi) is 3.44. The van der Waals surface area contributed by atoms with Crippen LogP contribution in [0.1, 0.15) is 33.1 Å². The van der Waals surface area contributed by atoms with Crippen LogP contribution in [0, 0.1) is 0 Å². The largest absolute Gasteiger partial charge is 0.301 e. The minimum Gasteiger partial charge on any atom is -0.301 e. The molecule has 0 radical (unpaired) electrons. The summed E-state index contributed by atoms with van der Waals surface area (Å²) in [6.45, 7) is 7.28. The van der Waals surface area contributed by atoms with Crippen LogP contribution in [0.2, 0.25) is 5.82 Å². The Morgan fingerprint density at radius 2 is 2.00 bits per heavy atom. The van der Waals surface area contributed by atoms with Crippen LogP contribution in [0.4, 0.5) is 0 Å². The summed E-state index contributed by atoms with van der Waals surface area (Å²) in [5, 5.41) is 0. The van der Waals surface area contributed by atoms with E-state index >= 15 is 0 Å². The van der Waals surface area contributed by atoms with Crippen molar-refractivity contribution in [2.75, 3.05) is 13.1 Å². The maximum Gasteiger partial charge on any atom is 0.105 e. The van der Waals surface area contributed by atoms with Gasteiger partial charge >= 0.3 is 0 Å². The highest BCUT2D eigenvalue weighted by atomic mass is 15.1. The van der Waals surface area contributed by atoms with Gasteiger partial charge in [0, 0.05) is 6.04 Å². The lowest BCUT2D eigenvalue weighted by Gasteiger charge is -2.34. The standard InChI is InChI=1S/C9H20BN/c1-3-8(2)11-6-4-9(10)5-7-11/h8-9H,3-7,10H2,1-2H3. The van der Waals surface area contributed by atoms with Crippen molar-refractivity contribution in [2.24, 2.45) is 0 Å². The average molecular weight is 153 g/mol.